The van der Waals surface area contributed by atoms with E-state index in [0.29, 0.717) is 6.42 Å². The van der Waals surface area contributed by atoms with Gasteiger partial charge in [-0.25, -0.2) is 5.43 Å². The van der Waals surface area contributed by atoms with Crippen molar-refractivity contribution in [3.05, 3.63) is 0 Å². The van der Waals surface area contributed by atoms with Gasteiger partial charge >= 0.3 is 0 Å². The van der Waals surface area contributed by atoms with Gasteiger partial charge in [-0.3, -0.25) is 4.79 Å². The molecule has 1 aliphatic rings. The van der Waals surface area contributed by atoms with Gasteiger partial charge in [0.15, 0.2) is 0 Å². The lowest BCUT2D eigenvalue weighted by Crippen LogP contribution is -2.25. The lowest BCUT2D eigenvalue weighted by molar-refractivity contribution is -0.121. The van der Waals surface area contributed by atoms with Gasteiger partial charge in [0.25, 0.3) is 0 Å². The van der Waals surface area contributed by atoms with Gasteiger partial charge < -0.3 is 0 Å². The number of nitrogens with one attached hydrogen (secondary N) is 1. The highest BCUT2D eigenvalue weighted by Crippen LogP contribution is 2.61. The molecule has 0 spiro atoms. The minimum absolute atomic E-state index is 0.0717. The van der Waals surface area contributed by atoms with Crippen LogP contribution in [0.3, 0.4) is 0 Å². The van der Waals surface area contributed by atoms with Gasteiger partial charge in [-0.1, -0.05) is 40.0 Å². The molecule has 1 heterocycles. The molecule has 24 heavy (non-hydrogen) atoms. The van der Waals surface area contributed by atoms with Crippen molar-refractivity contribution in [3.63, 3.8) is 0 Å². The van der Waals surface area contributed by atoms with E-state index in [1.807, 2.05) is 0 Å². The molecule has 0 aliphatic carbocycles. The highest BCUT2D eigenvalue weighted by molar-refractivity contribution is 7.75. The number of carbonyl (C=O) groups is 1. The third-order valence-electron chi connectivity index (χ3n) is 5.29. The number of hydrogen-bond acceptors (Lipinski definition) is 2. The Hall–Kier alpha value is -0.430. The first-order valence-electron chi connectivity index (χ1n) is 10.3. The zero-order valence-corrected chi connectivity index (χ0v) is 17.3. The maximum atomic E-state index is 11.2. The summed E-state index contributed by atoms with van der Waals surface area (Å²) < 4.78 is 0. The smallest absolute Gasteiger partial charge is 0.240 e. The van der Waals surface area contributed by atoms with Gasteiger partial charge in [0.1, 0.15) is 0 Å². The third-order valence-corrected chi connectivity index (χ3v) is 10.3. The van der Waals surface area contributed by atoms with Crippen LogP contribution in [0.25, 0.3) is 0 Å². The second kappa shape index (κ2) is 12.9. The van der Waals surface area contributed by atoms with Crippen LogP contribution >= 0.6 is 7.26 Å². The summed E-state index contributed by atoms with van der Waals surface area (Å²) in [5.41, 5.74) is 3.83. The molecule has 0 atom stereocenters. The first-order valence-corrected chi connectivity index (χ1v) is 12.9. The summed E-state index contributed by atoms with van der Waals surface area (Å²) in [7, 11) is -0.735. The molecule has 1 rings (SSSR count). The molecular weight excluding hydrogens is 315 g/mol. The predicted octanol–water partition coefficient (Wildman–Crippen LogP) is 5.84. The molecule has 0 aromatic rings. The highest BCUT2D eigenvalue weighted by atomic mass is 31.2. The lowest BCUT2D eigenvalue weighted by atomic mass is 10.1. The molecule has 1 aliphatic heterocycles. The summed E-state index contributed by atoms with van der Waals surface area (Å²) >= 11 is 0. The third kappa shape index (κ3) is 8.60. The quantitative estimate of drug-likeness (QED) is 0.308. The fraction of sp³-hybridized carbons (Fsp3) is 0.900. The van der Waals surface area contributed by atoms with Gasteiger partial charge in [-0.15, -0.1) is 0 Å². The average Bonchev–Trinajstić information content (AvgIpc) is 2.61. The number of rotatable bonds is 14. The van der Waals surface area contributed by atoms with Crippen LogP contribution in [0.4, 0.5) is 0 Å². The van der Waals surface area contributed by atoms with E-state index in [-0.39, 0.29) is 5.91 Å². The molecule has 0 aromatic heterocycles. The summed E-state index contributed by atoms with van der Waals surface area (Å²) in [6, 6.07) is 0. The number of hydrazone groups is 1. The van der Waals surface area contributed by atoms with Crippen LogP contribution in [0.2, 0.25) is 0 Å². The van der Waals surface area contributed by atoms with Crippen LogP contribution in [0.5, 0.6) is 0 Å². The summed E-state index contributed by atoms with van der Waals surface area (Å²) in [6.45, 7) is 7.01. The van der Waals surface area contributed by atoms with Crippen molar-refractivity contribution in [2.24, 2.45) is 5.10 Å². The van der Waals surface area contributed by atoms with Crippen LogP contribution < -0.4 is 5.43 Å². The molecule has 0 saturated carbocycles. The lowest BCUT2D eigenvalue weighted by Gasteiger charge is -2.28. The van der Waals surface area contributed by atoms with E-state index in [0.717, 1.165) is 12.8 Å². The Morgan fingerprint density at radius 3 is 1.83 bits per heavy atom. The Balaban J connectivity index is 2.47. The van der Waals surface area contributed by atoms with Crippen molar-refractivity contribution in [2.45, 2.75) is 91.4 Å². The monoisotopic (exact) mass is 355 g/mol. The molecule has 0 fully saturated rings. The molecule has 0 bridgehead atoms. The number of hydrogen-bond donors (Lipinski definition) is 1. The minimum Gasteiger partial charge on any atom is -0.273 e. The number of unbranched alkanes of at least 4 members (excludes halogenated alkanes) is 4. The summed E-state index contributed by atoms with van der Waals surface area (Å²) in [5, 5.41) is 4.22. The van der Waals surface area contributed by atoms with E-state index >= 15 is 0 Å². The number of carbonyl (C=O) groups excluding carboxylic acids is 1. The zero-order chi connectivity index (χ0) is 17.7. The molecule has 4 heteroatoms. The summed E-state index contributed by atoms with van der Waals surface area (Å²) in [4.78, 5) is 11.2. The normalized spacial score (nSPS) is 15.3. The Labute approximate surface area is 150 Å². The highest BCUT2D eigenvalue weighted by Gasteiger charge is 2.34. The second-order valence-corrected chi connectivity index (χ2v) is 11.9. The Kier molecular flexibility index (Phi) is 11.6. The fourth-order valence-electron chi connectivity index (χ4n) is 3.62. The van der Waals surface area contributed by atoms with Crippen molar-refractivity contribution in [1.29, 1.82) is 0 Å². The van der Waals surface area contributed by atoms with E-state index in [9.17, 15) is 4.79 Å². The molecule has 1 amide bonds. The van der Waals surface area contributed by atoms with E-state index in [4.69, 9.17) is 0 Å². The standard InChI is InChI=1S/C20H39N2OP/c1-4-7-15-24(16-8-5-2,17-9-6-3)18-11-10-12-19-13-14-20(23)22-21-19/h4-18H2,1-3H3/p+1. The van der Waals surface area contributed by atoms with Crippen molar-refractivity contribution in [3.8, 4) is 0 Å². The minimum atomic E-state index is -0.735. The second-order valence-electron chi connectivity index (χ2n) is 7.47. The zero-order valence-electron chi connectivity index (χ0n) is 16.4. The molecule has 0 aromatic carbocycles. The fourth-order valence-corrected chi connectivity index (χ4v) is 8.82. The van der Waals surface area contributed by atoms with Crippen LogP contribution in [-0.2, 0) is 4.79 Å². The van der Waals surface area contributed by atoms with Crippen molar-refractivity contribution >= 4 is 18.9 Å². The largest absolute Gasteiger partial charge is 0.273 e. The van der Waals surface area contributed by atoms with Gasteiger partial charge in [0.2, 0.25) is 5.91 Å². The van der Waals surface area contributed by atoms with Gasteiger partial charge in [0.05, 0.1) is 24.6 Å². The molecule has 0 radical (unpaired) electrons. The van der Waals surface area contributed by atoms with Gasteiger partial charge in [-0.2, -0.15) is 5.10 Å². The van der Waals surface area contributed by atoms with Crippen LogP contribution in [0.15, 0.2) is 5.10 Å². The van der Waals surface area contributed by atoms with Crippen LogP contribution in [0, 0.1) is 0 Å². The average molecular weight is 356 g/mol. The van der Waals surface area contributed by atoms with Crippen molar-refractivity contribution in [1.82, 2.24) is 5.43 Å². The number of amides is 1. The topological polar surface area (TPSA) is 41.5 Å². The Bertz CT molecular complexity index is 360. The predicted molar refractivity (Wildman–Crippen MR) is 110 cm³/mol. The SMILES string of the molecule is CCCC[P+](CCCC)(CCCC)CCCCC1=NNC(=O)CC1. The first-order chi connectivity index (χ1) is 11.7. The van der Waals surface area contributed by atoms with Gasteiger partial charge in [0, 0.05) is 19.4 Å². The summed E-state index contributed by atoms with van der Waals surface area (Å²) in [5.74, 6) is 0.0717. The van der Waals surface area contributed by atoms with Crippen LogP contribution in [-0.4, -0.2) is 36.3 Å². The summed E-state index contributed by atoms with van der Waals surface area (Å²) in [6.07, 6.45) is 19.6. The number of nitrogens with zero attached hydrogens (tertiary/aromatic N) is 1. The molecule has 140 valence electrons. The van der Waals surface area contributed by atoms with Crippen molar-refractivity contribution in [2.75, 3.05) is 24.6 Å². The van der Waals surface area contributed by atoms with E-state index in [2.05, 4.69) is 31.3 Å². The van der Waals surface area contributed by atoms with E-state index in [1.54, 1.807) is 0 Å². The van der Waals surface area contributed by atoms with Crippen molar-refractivity contribution < 1.29 is 4.79 Å². The molecule has 3 nitrogen and oxygen atoms in total. The van der Waals surface area contributed by atoms with Crippen LogP contribution in [0.1, 0.15) is 91.4 Å². The van der Waals surface area contributed by atoms with E-state index in [1.165, 1.54) is 81.7 Å². The molecular formula is C20H40N2OP+. The first kappa shape index (κ1) is 21.6. The maximum absolute atomic E-state index is 11.2. The molecule has 1 N–H and O–H groups in total. The van der Waals surface area contributed by atoms with Gasteiger partial charge in [-0.05, 0) is 44.9 Å². The maximum Gasteiger partial charge on any atom is 0.240 e. The Morgan fingerprint density at radius 1 is 0.833 bits per heavy atom. The Morgan fingerprint density at radius 2 is 1.38 bits per heavy atom. The molecule has 0 saturated heterocycles. The molecule has 0 unspecified atom stereocenters. The van der Waals surface area contributed by atoms with E-state index < -0.39 is 7.26 Å².